The molecule has 0 aliphatic rings. The Labute approximate surface area is 346 Å². The minimum Gasteiger partial charge on any atom is -0.481 e. The van der Waals surface area contributed by atoms with Crippen LogP contribution in [-0.2, 0) is 43.2 Å². The van der Waals surface area contributed by atoms with Crippen molar-refractivity contribution >= 4 is 77.7 Å². The number of thioether (sulfide) groups is 1. The summed E-state index contributed by atoms with van der Waals surface area (Å²) in [5, 5.41) is 65.6. The van der Waals surface area contributed by atoms with Crippen LogP contribution in [0.25, 0.3) is 0 Å². The standard InChI is InChI=1S/C34H60N8O14S2/c1-13(2)22(38-29(50)20(12-57)37-28(49)19(11-21(46)47)36-27(48)18(35)9-10-58-8)30(51)40-25(16(6)44)32(53)42-26(17(7)45)33(54)41-24(15(5)43)31(52)39-23(14(3)4)34(55)56/h13-20,22-26,43-45,57H,9-12,35H2,1-8H3,(H,36,48)(H,37,49)(H,38,50)(H,39,52)(H,40,51)(H,41,54)(H,42,53)(H,46,47)(H,55,56)/t15-,16-,17-,18+,19+,20+,22+,23+,24+,25+,26+/m1/s1. The van der Waals surface area contributed by atoms with E-state index in [9.17, 15) is 68.7 Å². The Kier molecular flexibility index (Phi) is 24.1. The van der Waals surface area contributed by atoms with E-state index in [1.165, 1.54) is 39.5 Å². The van der Waals surface area contributed by atoms with E-state index in [2.05, 4.69) is 49.8 Å². The first-order valence-corrected chi connectivity index (χ1v) is 20.3. The minimum absolute atomic E-state index is 0.240. The molecular weight excluding hydrogens is 809 g/mol. The smallest absolute Gasteiger partial charge is 0.326 e. The van der Waals surface area contributed by atoms with Crippen molar-refractivity contribution in [3.05, 3.63) is 0 Å². The normalized spacial score (nSPS) is 17.0. The van der Waals surface area contributed by atoms with E-state index in [0.717, 1.165) is 20.8 Å². The third kappa shape index (κ3) is 18.1. The molecule has 0 aromatic rings. The molecule has 0 heterocycles. The van der Waals surface area contributed by atoms with Gasteiger partial charge in [0.15, 0.2) is 0 Å². The highest BCUT2D eigenvalue weighted by Gasteiger charge is 2.38. The second kappa shape index (κ2) is 26.0. The summed E-state index contributed by atoms with van der Waals surface area (Å²) in [6, 6.07) is -12.4. The molecule has 0 aliphatic heterocycles. The fourth-order valence-corrected chi connectivity index (χ4v) is 5.74. The second-order valence-electron chi connectivity index (χ2n) is 14.3. The first kappa shape index (κ1) is 53.8. The highest BCUT2D eigenvalue weighted by atomic mass is 32.2. The van der Waals surface area contributed by atoms with Crippen LogP contribution in [0, 0.1) is 11.8 Å². The topological polar surface area (TPSA) is 365 Å². The Morgan fingerprint density at radius 2 is 0.879 bits per heavy atom. The summed E-state index contributed by atoms with van der Waals surface area (Å²) in [6.45, 7) is 9.38. The molecule has 0 saturated carbocycles. The van der Waals surface area contributed by atoms with Crippen LogP contribution in [0.1, 0.15) is 61.3 Å². The molecule has 0 rings (SSSR count). The van der Waals surface area contributed by atoms with E-state index < -0.39 is 138 Å². The molecule has 0 fully saturated rings. The lowest BCUT2D eigenvalue weighted by atomic mass is 10.0. The number of aliphatic carboxylic acids is 2. The number of thiol groups is 1. The Hall–Kier alpha value is -4.23. The Bertz CT molecular complexity index is 1450. The summed E-state index contributed by atoms with van der Waals surface area (Å²) in [7, 11) is 0. The molecule has 0 bridgehead atoms. The van der Waals surface area contributed by atoms with Crippen molar-refractivity contribution in [2.24, 2.45) is 17.6 Å². The average Bonchev–Trinajstić information content (AvgIpc) is 3.11. The van der Waals surface area contributed by atoms with Crippen molar-refractivity contribution in [3.8, 4) is 0 Å². The number of hydrogen-bond donors (Lipinski definition) is 14. The van der Waals surface area contributed by atoms with Crippen LogP contribution in [0.5, 0.6) is 0 Å². The molecular formula is C34H60N8O14S2. The molecule has 332 valence electrons. The number of rotatable bonds is 26. The van der Waals surface area contributed by atoms with Crippen LogP contribution >= 0.6 is 24.4 Å². The van der Waals surface area contributed by atoms with E-state index in [1.54, 1.807) is 6.26 Å². The maximum Gasteiger partial charge on any atom is 0.326 e. The zero-order valence-corrected chi connectivity index (χ0v) is 35.4. The van der Waals surface area contributed by atoms with Crippen molar-refractivity contribution in [1.29, 1.82) is 0 Å². The molecule has 0 radical (unpaired) electrons. The van der Waals surface area contributed by atoms with Gasteiger partial charge in [-0.1, -0.05) is 27.7 Å². The largest absolute Gasteiger partial charge is 0.481 e. The number of carboxylic acids is 2. The van der Waals surface area contributed by atoms with Gasteiger partial charge >= 0.3 is 11.9 Å². The number of nitrogens with one attached hydrogen (secondary N) is 7. The van der Waals surface area contributed by atoms with Gasteiger partial charge in [-0.2, -0.15) is 24.4 Å². The van der Waals surface area contributed by atoms with E-state index in [0.29, 0.717) is 5.75 Å². The van der Waals surface area contributed by atoms with E-state index in [1.807, 2.05) is 0 Å². The summed E-state index contributed by atoms with van der Waals surface area (Å²) in [4.78, 5) is 115. The minimum atomic E-state index is -1.85. The Morgan fingerprint density at radius 3 is 1.21 bits per heavy atom. The van der Waals surface area contributed by atoms with Gasteiger partial charge in [-0.25, -0.2) is 4.79 Å². The summed E-state index contributed by atoms with van der Waals surface area (Å²) in [5.41, 5.74) is 5.83. The molecule has 7 amide bonds. The van der Waals surface area contributed by atoms with E-state index >= 15 is 0 Å². The van der Waals surface area contributed by atoms with Crippen LogP contribution in [0.4, 0.5) is 0 Å². The predicted octanol–water partition coefficient (Wildman–Crippen LogP) is -4.60. The number of aliphatic hydroxyl groups is 3. The third-order valence-corrected chi connectivity index (χ3v) is 9.47. The zero-order valence-electron chi connectivity index (χ0n) is 33.7. The predicted molar refractivity (Wildman–Crippen MR) is 213 cm³/mol. The first-order chi connectivity index (χ1) is 26.8. The molecule has 58 heavy (non-hydrogen) atoms. The SMILES string of the molecule is CSCC[C@H](N)C(=O)N[C@@H](CC(=O)O)C(=O)N[C@@H](CS)C(=O)N[C@H](C(=O)N[C@H](C(=O)N[C@H](C(=O)N[C@H](C(=O)N[C@H](C(=O)O)C(C)C)[C@@H](C)O)[C@@H](C)O)[C@@H](C)O)C(C)C. The van der Waals surface area contributed by atoms with Gasteiger partial charge in [0, 0.05) is 5.75 Å². The van der Waals surface area contributed by atoms with Gasteiger partial charge in [-0.05, 0) is 51.0 Å². The number of carbonyl (C=O) groups excluding carboxylic acids is 7. The van der Waals surface area contributed by atoms with Crippen molar-refractivity contribution in [1.82, 2.24) is 37.2 Å². The van der Waals surface area contributed by atoms with Crippen molar-refractivity contribution in [3.63, 3.8) is 0 Å². The molecule has 0 aromatic heterocycles. The Balaban J connectivity index is 6.05. The monoisotopic (exact) mass is 868 g/mol. The van der Waals surface area contributed by atoms with Crippen LogP contribution in [-0.4, -0.2) is 163 Å². The Morgan fingerprint density at radius 1 is 0.534 bits per heavy atom. The highest BCUT2D eigenvalue weighted by Crippen LogP contribution is 2.09. The number of carbonyl (C=O) groups is 9. The fourth-order valence-electron chi connectivity index (χ4n) is 5.00. The van der Waals surface area contributed by atoms with Gasteiger partial charge in [0.05, 0.1) is 30.8 Å². The fraction of sp³-hybridized carbons (Fsp3) is 0.735. The molecule has 0 aliphatic carbocycles. The van der Waals surface area contributed by atoms with E-state index in [4.69, 9.17) is 5.73 Å². The maximum absolute atomic E-state index is 13.5. The number of nitrogens with two attached hydrogens (primary N) is 1. The average molecular weight is 869 g/mol. The molecule has 0 aromatic carbocycles. The number of aliphatic hydroxyl groups excluding tert-OH is 3. The summed E-state index contributed by atoms with van der Waals surface area (Å²) in [5.74, 6) is -11.3. The molecule has 11 atom stereocenters. The molecule has 14 N–H and O–H groups in total. The van der Waals surface area contributed by atoms with Gasteiger partial charge < -0.3 is 68.5 Å². The summed E-state index contributed by atoms with van der Waals surface area (Å²) >= 11 is 5.50. The number of carboxylic acid groups (broad SMARTS) is 2. The van der Waals surface area contributed by atoms with Crippen LogP contribution < -0.4 is 43.0 Å². The molecule has 22 nitrogen and oxygen atoms in total. The molecule has 0 spiro atoms. The maximum atomic E-state index is 13.5. The quantitative estimate of drug-likeness (QED) is 0.0364. The lowest BCUT2D eigenvalue weighted by Crippen LogP contribution is -2.64. The van der Waals surface area contributed by atoms with Gasteiger partial charge in [-0.15, -0.1) is 0 Å². The van der Waals surface area contributed by atoms with E-state index in [-0.39, 0.29) is 12.2 Å². The number of hydrogen-bond acceptors (Lipinski definition) is 15. The van der Waals surface area contributed by atoms with Crippen LogP contribution in [0.15, 0.2) is 0 Å². The number of amides is 7. The van der Waals surface area contributed by atoms with Gasteiger partial charge in [0.1, 0.15) is 42.3 Å². The lowest BCUT2D eigenvalue weighted by molar-refractivity contribution is -0.144. The highest BCUT2D eigenvalue weighted by molar-refractivity contribution is 7.98. The van der Waals surface area contributed by atoms with Gasteiger partial charge in [-0.3, -0.25) is 38.4 Å². The second-order valence-corrected chi connectivity index (χ2v) is 15.6. The summed E-state index contributed by atoms with van der Waals surface area (Å²) < 4.78 is 0. The first-order valence-electron chi connectivity index (χ1n) is 18.3. The van der Waals surface area contributed by atoms with Gasteiger partial charge in [0.25, 0.3) is 0 Å². The van der Waals surface area contributed by atoms with Gasteiger partial charge in [0.2, 0.25) is 41.4 Å². The van der Waals surface area contributed by atoms with Crippen LogP contribution in [0.3, 0.4) is 0 Å². The van der Waals surface area contributed by atoms with Crippen LogP contribution in [0.2, 0.25) is 0 Å². The van der Waals surface area contributed by atoms with Crippen molar-refractivity contribution in [2.75, 3.05) is 17.8 Å². The zero-order chi connectivity index (χ0) is 45.2. The molecule has 24 heteroatoms. The van der Waals surface area contributed by atoms with Crippen molar-refractivity contribution < 1.29 is 68.7 Å². The molecule has 0 unspecified atom stereocenters. The van der Waals surface area contributed by atoms with Crippen molar-refractivity contribution in [2.45, 2.75) is 128 Å². The molecule has 0 saturated heterocycles. The summed E-state index contributed by atoms with van der Waals surface area (Å²) in [6.07, 6.45) is -3.71. The lowest BCUT2D eigenvalue weighted by Gasteiger charge is -2.30. The third-order valence-electron chi connectivity index (χ3n) is 8.46.